The third-order valence-corrected chi connectivity index (χ3v) is 5.76. The average Bonchev–Trinajstić information content (AvgIpc) is 2.77. The molecule has 0 atom stereocenters. The van der Waals surface area contributed by atoms with E-state index in [9.17, 15) is 4.79 Å². The van der Waals surface area contributed by atoms with Crippen LogP contribution in [0.4, 0.5) is 11.6 Å². The van der Waals surface area contributed by atoms with Crippen molar-refractivity contribution in [1.82, 2.24) is 14.5 Å². The summed E-state index contributed by atoms with van der Waals surface area (Å²) in [5.74, 6) is 0.735. The fraction of sp³-hybridized carbons (Fsp3) is 0.333. The van der Waals surface area contributed by atoms with E-state index >= 15 is 0 Å². The molecular weight excluding hydrogens is 360 g/mol. The van der Waals surface area contributed by atoms with Gasteiger partial charge in [-0.2, -0.15) is 0 Å². The fourth-order valence-electron chi connectivity index (χ4n) is 3.77. The van der Waals surface area contributed by atoms with Crippen LogP contribution < -0.4 is 10.5 Å². The van der Waals surface area contributed by atoms with Crippen LogP contribution in [0.1, 0.15) is 29.3 Å². The molecule has 0 amide bonds. The minimum Gasteiger partial charge on any atom is -0.298 e. The number of rotatable bonds is 5. The second-order valence-corrected chi connectivity index (χ2v) is 7.72. The largest absolute Gasteiger partial charge is 0.298 e. The van der Waals surface area contributed by atoms with Crippen molar-refractivity contribution in [1.29, 1.82) is 0 Å². The van der Waals surface area contributed by atoms with Gasteiger partial charge in [-0.05, 0) is 49.9 Å². The summed E-state index contributed by atoms with van der Waals surface area (Å²) in [6, 6.07) is 19.1. The molecule has 5 heteroatoms. The van der Waals surface area contributed by atoms with E-state index in [-0.39, 0.29) is 5.56 Å². The molecule has 0 fully saturated rings. The summed E-state index contributed by atoms with van der Waals surface area (Å²) in [4.78, 5) is 22.3. The van der Waals surface area contributed by atoms with Crippen LogP contribution in [-0.4, -0.2) is 27.7 Å². The van der Waals surface area contributed by atoms with E-state index in [0.29, 0.717) is 13.3 Å². The van der Waals surface area contributed by atoms with Crippen molar-refractivity contribution < 1.29 is 0 Å². The van der Waals surface area contributed by atoms with E-state index in [1.54, 1.807) is 0 Å². The summed E-state index contributed by atoms with van der Waals surface area (Å²) in [5.41, 5.74) is 5.25. The monoisotopic (exact) mass is 388 g/mol. The Kier molecular flexibility index (Phi) is 5.49. The number of aryl methyl sites for hydroxylation is 2. The Hall–Kier alpha value is -2.92. The van der Waals surface area contributed by atoms with Crippen LogP contribution in [0.3, 0.4) is 0 Å². The van der Waals surface area contributed by atoms with Crippen molar-refractivity contribution in [2.45, 2.75) is 40.3 Å². The van der Waals surface area contributed by atoms with Crippen molar-refractivity contribution in [2.24, 2.45) is 0 Å². The van der Waals surface area contributed by atoms with Gasteiger partial charge in [0, 0.05) is 23.5 Å². The predicted molar refractivity (Wildman–Crippen MR) is 118 cm³/mol. The van der Waals surface area contributed by atoms with E-state index < -0.39 is 0 Å². The molecule has 2 heterocycles. The minimum atomic E-state index is 0.0482. The molecule has 0 saturated heterocycles. The fourth-order valence-corrected chi connectivity index (χ4v) is 3.77. The Bertz CT molecular complexity index is 1040. The van der Waals surface area contributed by atoms with Crippen LogP contribution in [0.15, 0.2) is 59.4 Å². The number of hydrogen-bond acceptors (Lipinski definition) is 4. The first-order valence-electron chi connectivity index (χ1n) is 10.3. The Balaban J connectivity index is 1.68. The number of aromatic nitrogens is 2. The van der Waals surface area contributed by atoms with E-state index in [0.717, 1.165) is 42.3 Å². The van der Waals surface area contributed by atoms with E-state index in [1.165, 1.54) is 11.1 Å². The van der Waals surface area contributed by atoms with Gasteiger partial charge in [-0.15, -0.1) is 0 Å². The normalized spacial score (nSPS) is 14.1. The molecule has 0 N–H and O–H groups in total. The van der Waals surface area contributed by atoms with Crippen molar-refractivity contribution in [3.05, 3.63) is 87.3 Å². The third kappa shape index (κ3) is 3.96. The molecule has 0 aliphatic carbocycles. The lowest BCUT2D eigenvalue weighted by Crippen LogP contribution is -2.48. The molecule has 1 aromatic heterocycles. The smallest absolute Gasteiger partial charge is 0.259 e. The Morgan fingerprint density at radius 3 is 2.34 bits per heavy atom. The van der Waals surface area contributed by atoms with Gasteiger partial charge in [-0.1, -0.05) is 49.4 Å². The zero-order valence-corrected chi connectivity index (χ0v) is 17.4. The van der Waals surface area contributed by atoms with Gasteiger partial charge in [0.2, 0.25) is 5.95 Å². The molecule has 150 valence electrons. The average molecular weight is 389 g/mol. The summed E-state index contributed by atoms with van der Waals surface area (Å²) < 4.78 is 1.81. The lowest BCUT2D eigenvalue weighted by atomic mass is 10.1. The molecule has 0 bridgehead atoms. The summed E-state index contributed by atoms with van der Waals surface area (Å²) in [5, 5.41) is 0. The zero-order valence-electron chi connectivity index (χ0n) is 17.4. The lowest BCUT2D eigenvalue weighted by Gasteiger charge is -2.38. The minimum absolute atomic E-state index is 0.0482. The van der Waals surface area contributed by atoms with Gasteiger partial charge >= 0.3 is 0 Å². The maximum absolute atomic E-state index is 13.0. The molecule has 0 spiro atoms. The maximum atomic E-state index is 13.0. The highest BCUT2D eigenvalue weighted by Gasteiger charge is 2.27. The van der Waals surface area contributed by atoms with Crippen LogP contribution >= 0.6 is 0 Å². The van der Waals surface area contributed by atoms with Crippen LogP contribution in [0.25, 0.3) is 0 Å². The number of anilines is 2. The van der Waals surface area contributed by atoms with Crippen molar-refractivity contribution in [3.8, 4) is 0 Å². The van der Waals surface area contributed by atoms with Gasteiger partial charge in [-0.3, -0.25) is 19.2 Å². The number of benzene rings is 2. The van der Waals surface area contributed by atoms with E-state index in [2.05, 4.69) is 65.3 Å². The number of fused-ring (bicyclic) bond motifs is 1. The molecule has 4 rings (SSSR count). The van der Waals surface area contributed by atoms with Crippen LogP contribution in [0.2, 0.25) is 0 Å². The van der Waals surface area contributed by atoms with Gasteiger partial charge < -0.3 is 0 Å². The number of nitrogens with zero attached hydrogens (tertiary/aromatic N) is 4. The van der Waals surface area contributed by atoms with E-state index in [4.69, 9.17) is 4.98 Å². The second-order valence-electron chi connectivity index (χ2n) is 7.72. The predicted octanol–water partition coefficient (Wildman–Crippen LogP) is 4.03. The highest BCUT2D eigenvalue weighted by molar-refractivity contribution is 5.59. The second kappa shape index (κ2) is 8.21. The highest BCUT2D eigenvalue weighted by atomic mass is 16.1. The lowest BCUT2D eigenvalue weighted by molar-refractivity contribution is 0.200. The molecule has 3 aromatic rings. The molecule has 2 aromatic carbocycles. The molecule has 1 aliphatic rings. The summed E-state index contributed by atoms with van der Waals surface area (Å²) in [7, 11) is 0. The van der Waals surface area contributed by atoms with Gasteiger partial charge in [0.1, 0.15) is 0 Å². The van der Waals surface area contributed by atoms with E-state index in [1.807, 2.05) is 24.5 Å². The van der Waals surface area contributed by atoms with Crippen molar-refractivity contribution in [2.75, 3.05) is 18.1 Å². The van der Waals surface area contributed by atoms with Crippen molar-refractivity contribution >= 4 is 11.6 Å². The first kappa shape index (κ1) is 19.4. The van der Waals surface area contributed by atoms with Gasteiger partial charge in [0.15, 0.2) is 0 Å². The van der Waals surface area contributed by atoms with Crippen LogP contribution in [0.5, 0.6) is 0 Å². The molecule has 5 nitrogen and oxygen atoms in total. The Morgan fingerprint density at radius 2 is 1.66 bits per heavy atom. The molecular formula is C24H28N4O. The zero-order chi connectivity index (χ0) is 20.4. The topological polar surface area (TPSA) is 41.4 Å². The van der Waals surface area contributed by atoms with Crippen molar-refractivity contribution in [3.63, 3.8) is 0 Å². The first-order chi connectivity index (χ1) is 14.1. The molecule has 0 unspecified atom stereocenters. The number of hydrogen-bond donors (Lipinski definition) is 0. The summed E-state index contributed by atoms with van der Waals surface area (Å²) in [6.45, 7) is 8.10. The molecule has 29 heavy (non-hydrogen) atoms. The summed E-state index contributed by atoms with van der Waals surface area (Å²) in [6.07, 6.45) is 1.96. The quantitative estimate of drug-likeness (QED) is 0.662. The molecule has 1 aliphatic heterocycles. The molecule has 0 saturated carbocycles. The first-order valence-corrected chi connectivity index (χ1v) is 10.3. The Morgan fingerprint density at radius 1 is 0.931 bits per heavy atom. The third-order valence-electron chi connectivity index (χ3n) is 5.76. The summed E-state index contributed by atoms with van der Waals surface area (Å²) >= 11 is 0. The van der Waals surface area contributed by atoms with Crippen LogP contribution in [-0.2, 0) is 19.5 Å². The standard InChI is InChI=1S/C24H28N4O/c1-4-20-10-12-22(13-11-20)27-16-26(15-14-21-8-6-5-7-9-21)17-28-23(29)18(2)19(3)25-24(27)28/h5-13H,4,14-17H2,1-3H3. The SMILES string of the molecule is CCc1ccc(N2CN(CCc3ccccc3)Cn3c2nc(C)c(C)c3=O)cc1. The highest BCUT2D eigenvalue weighted by Crippen LogP contribution is 2.28. The van der Waals surface area contributed by atoms with Crippen LogP contribution in [0, 0.1) is 13.8 Å². The van der Waals surface area contributed by atoms with Gasteiger partial charge in [-0.25, -0.2) is 4.98 Å². The van der Waals surface area contributed by atoms with Gasteiger partial charge in [0.25, 0.3) is 5.56 Å². The molecule has 0 radical (unpaired) electrons. The maximum Gasteiger partial charge on any atom is 0.259 e. The van der Waals surface area contributed by atoms with Gasteiger partial charge in [0.05, 0.1) is 13.3 Å². The Labute approximate surface area is 172 Å².